The van der Waals surface area contributed by atoms with Gasteiger partial charge in [-0.2, -0.15) is 8.42 Å². The molecule has 21 heavy (non-hydrogen) atoms. The third-order valence-electron chi connectivity index (χ3n) is 2.97. The van der Waals surface area contributed by atoms with Gasteiger partial charge in [0.25, 0.3) is 10.0 Å². The van der Waals surface area contributed by atoms with Gasteiger partial charge in [-0.3, -0.25) is 4.72 Å². The van der Waals surface area contributed by atoms with Crippen molar-refractivity contribution in [2.75, 3.05) is 11.8 Å². The Kier molecular flexibility index (Phi) is 4.06. The molecule has 0 aliphatic heterocycles. The number of methoxy groups -OCH3 is 1. The van der Waals surface area contributed by atoms with Crippen LogP contribution < -0.4 is 4.72 Å². The van der Waals surface area contributed by atoms with Gasteiger partial charge in [0.2, 0.25) is 0 Å². The van der Waals surface area contributed by atoms with E-state index in [0.29, 0.717) is 11.4 Å². The van der Waals surface area contributed by atoms with E-state index in [1.807, 2.05) is 6.92 Å². The number of ether oxygens (including phenoxy) is 1. The molecule has 0 saturated heterocycles. The lowest BCUT2D eigenvalue weighted by atomic mass is 10.2. The van der Waals surface area contributed by atoms with Gasteiger partial charge >= 0.3 is 5.97 Å². The molecular formula is C12H15N3O4S2. The maximum atomic E-state index is 12.3. The molecule has 0 unspecified atom stereocenters. The molecule has 0 saturated carbocycles. The largest absolute Gasteiger partial charge is 0.465 e. The van der Waals surface area contributed by atoms with Gasteiger partial charge in [-0.15, -0.1) is 11.3 Å². The minimum atomic E-state index is -3.83. The first-order chi connectivity index (χ1) is 9.76. The average molecular weight is 329 g/mol. The van der Waals surface area contributed by atoms with Crippen molar-refractivity contribution in [3.63, 3.8) is 0 Å². The van der Waals surface area contributed by atoms with E-state index in [0.717, 1.165) is 4.88 Å². The van der Waals surface area contributed by atoms with Gasteiger partial charge in [0.15, 0.2) is 5.03 Å². The van der Waals surface area contributed by atoms with Gasteiger partial charge in [-0.25, -0.2) is 9.78 Å². The number of esters is 1. The number of anilines is 1. The van der Waals surface area contributed by atoms with E-state index in [4.69, 9.17) is 4.74 Å². The lowest BCUT2D eigenvalue weighted by Gasteiger charge is -2.06. The summed E-state index contributed by atoms with van der Waals surface area (Å²) in [6, 6.07) is 0. The zero-order valence-electron chi connectivity index (χ0n) is 12.0. The van der Waals surface area contributed by atoms with Crippen molar-refractivity contribution < 1.29 is 17.9 Å². The van der Waals surface area contributed by atoms with E-state index in [9.17, 15) is 13.2 Å². The summed E-state index contributed by atoms with van der Waals surface area (Å²) in [5.74, 6) is -0.0857. The van der Waals surface area contributed by atoms with Crippen molar-refractivity contribution in [1.82, 2.24) is 9.97 Å². The van der Waals surface area contributed by atoms with Gasteiger partial charge in [-0.1, -0.05) is 0 Å². The van der Waals surface area contributed by atoms with Crippen LogP contribution in [0.2, 0.25) is 0 Å². The summed E-state index contributed by atoms with van der Waals surface area (Å²) in [5.41, 5.74) is 0.935. The second-order valence-corrected chi connectivity index (χ2v) is 7.29. The van der Waals surface area contributed by atoms with Crippen molar-refractivity contribution >= 4 is 32.3 Å². The van der Waals surface area contributed by atoms with Gasteiger partial charge in [0.05, 0.1) is 18.9 Å². The Labute approximate surface area is 126 Å². The molecule has 2 aromatic heterocycles. The maximum Gasteiger partial charge on any atom is 0.341 e. The van der Waals surface area contributed by atoms with Crippen molar-refractivity contribution in [3.8, 4) is 0 Å². The van der Waals surface area contributed by atoms with Crippen LogP contribution in [0.5, 0.6) is 0 Å². The highest BCUT2D eigenvalue weighted by Crippen LogP contribution is 2.34. The normalized spacial score (nSPS) is 11.4. The number of nitrogens with zero attached hydrogens (tertiary/aromatic N) is 1. The molecule has 0 radical (unpaired) electrons. The average Bonchev–Trinajstić information content (AvgIpc) is 2.95. The monoisotopic (exact) mass is 329 g/mol. The van der Waals surface area contributed by atoms with Crippen molar-refractivity contribution in [2.45, 2.75) is 25.8 Å². The number of imidazole rings is 1. The quantitative estimate of drug-likeness (QED) is 0.835. The first-order valence-corrected chi connectivity index (χ1v) is 8.29. The maximum absolute atomic E-state index is 12.3. The number of hydrogen-bond acceptors (Lipinski definition) is 6. The minimum absolute atomic E-state index is 0.0560. The molecule has 0 aliphatic carbocycles. The van der Waals surface area contributed by atoms with Crippen molar-refractivity contribution in [2.24, 2.45) is 0 Å². The number of aromatic nitrogens is 2. The van der Waals surface area contributed by atoms with Crippen LogP contribution in [0.25, 0.3) is 0 Å². The summed E-state index contributed by atoms with van der Waals surface area (Å²) in [6.07, 6.45) is 1.23. The Bertz CT molecular complexity index is 790. The molecule has 0 bridgehead atoms. The highest BCUT2D eigenvalue weighted by atomic mass is 32.2. The fraction of sp³-hybridized carbons (Fsp3) is 0.333. The fourth-order valence-electron chi connectivity index (χ4n) is 1.76. The van der Waals surface area contributed by atoms with E-state index in [1.165, 1.54) is 24.6 Å². The van der Waals surface area contributed by atoms with Crippen LogP contribution in [-0.2, 0) is 14.8 Å². The summed E-state index contributed by atoms with van der Waals surface area (Å²) in [4.78, 5) is 19.2. The molecule has 0 spiro atoms. The smallest absolute Gasteiger partial charge is 0.341 e. The van der Waals surface area contributed by atoms with Crippen LogP contribution in [-0.4, -0.2) is 31.5 Å². The Morgan fingerprint density at radius 3 is 2.57 bits per heavy atom. The molecule has 2 heterocycles. The Morgan fingerprint density at radius 2 is 2.05 bits per heavy atom. The molecule has 2 N–H and O–H groups in total. The van der Waals surface area contributed by atoms with E-state index in [1.54, 1.807) is 13.8 Å². The molecule has 9 heteroatoms. The van der Waals surface area contributed by atoms with Crippen LogP contribution in [0, 0.1) is 20.8 Å². The second kappa shape index (κ2) is 5.49. The Hall–Kier alpha value is -1.87. The number of carbonyl (C=O) groups excluding carboxylic acids is 1. The van der Waals surface area contributed by atoms with Crippen LogP contribution in [0.15, 0.2) is 11.2 Å². The minimum Gasteiger partial charge on any atom is -0.465 e. The highest BCUT2D eigenvalue weighted by Gasteiger charge is 2.25. The number of nitrogens with one attached hydrogen (secondary N) is 2. The van der Waals surface area contributed by atoms with E-state index >= 15 is 0 Å². The molecule has 0 fully saturated rings. The van der Waals surface area contributed by atoms with Gasteiger partial charge in [0.1, 0.15) is 10.8 Å². The summed E-state index contributed by atoms with van der Waals surface area (Å²) in [7, 11) is -2.57. The molecule has 0 aliphatic rings. The summed E-state index contributed by atoms with van der Waals surface area (Å²) in [5, 5.41) is 0.184. The topological polar surface area (TPSA) is 101 Å². The summed E-state index contributed by atoms with van der Waals surface area (Å²) in [6.45, 7) is 5.21. The Balaban J connectivity index is 2.45. The van der Waals surface area contributed by atoms with Gasteiger partial charge < -0.3 is 9.72 Å². The third kappa shape index (κ3) is 2.93. The predicted octanol–water partition coefficient (Wildman–Crippen LogP) is 1.98. The SMILES string of the molecule is COC(=O)c1c(NS(=O)(=O)c2cnc(C)[nH]2)sc(C)c1C. The molecule has 0 atom stereocenters. The van der Waals surface area contributed by atoms with Crippen LogP contribution in [0.1, 0.15) is 26.6 Å². The van der Waals surface area contributed by atoms with Crippen LogP contribution in [0.4, 0.5) is 5.00 Å². The summed E-state index contributed by atoms with van der Waals surface area (Å²) < 4.78 is 31.7. The number of hydrogen-bond donors (Lipinski definition) is 2. The number of rotatable bonds is 4. The number of thiophene rings is 1. The van der Waals surface area contributed by atoms with Gasteiger partial charge in [0, 0.05) is 4.88 Å². The fourth-order valence-corrected chi connectivity index (χ4v) is 4.08. The lowest BCUT2D eigenvalue weighted by Crippen LogP contribution is -2.15. The first-order valence-electron chi connectivity index (χ1n) is 5.99. The molecule has 2 aromatic rings. The third-order valence-corrected chi connectivity index (χ3v) is 5.48. The molecule has 7 nitrogen and oxygen atoms in total. The number of aryl methyl sites for hydroxylation is 2. The molecule has 0 amide bonds. The zero-order chi connectivity index (χ0) is 15.8. The van der Waals surface area contributed by atoms with E-state index < -0.39 is 16.0 Å². The lowest BCUT2D eigenvalue weighted by molar-refractivity contribution is 0.0601. The molecule has 114 valence electrons. The molecular weight excluding hydrogens is 314 g/mol. The van der Waals surface area contributed by atoms with Gasteiger partial charge in [-0.05, 0) is 26.3 Å². The predicted molar refractivity (Wildman–Crippen MR) is 79.3 cm³/mol. The van der Waals surface area contributed by atoms with E-state index in [2.05, 4.69) is 14.7 Å². The number of carbonyl (C=O) groups is 1. The van der Waals surface area contributed by atoms with Crippen molar-refractivity contribution in [3.05, 3.63) is 28.0 Å². The molecule has 0 aromatic carbocycles. The second-order valence-electron chi connectivity index (χ2n) is 4.42. The first kappa shape index (κ1) is 15.5. The zero-order valence-corrected chi connectivity index (χ0v) is 13.6. The Morgan fingerprint density at radius 1 is 1.38 bits per heavy atom. The number of H-pyrrole nitrogens is 1. The number of sulfonamides is 1. The standard InChI is InChI=1S/C12H15N3O4S2/c1-6-7(2)20-11(10(6)12(16)19-4)15-21(17,18)9-5-13-8(3)14-9/h5,15H,1-4H3,(H,13,14). The highest BCUT2D eigenvalue weighted by molar-refractivity contribution is 7.92. The van der Waals surface area contributed by atoms with E-state index in [-0.39, 0.29) is 15.6 Å². The van der Waals surface area contributed by atoms with Crippen molar-refractivity contribution in [1.29, 1.82) is 0 Å². The number of aromatic amines is 1. The molecule has 2 rings (SSSR count). The van der Waals surface area contributed by atoms with Crippen LogP contribution in [0.3, 0.4) is 0 Å². The van der Waals surface area contributed by atoms with Crippen LogP contribution >= 0.6 is 11.3 Å². The summed E-state index contributed by atoms with van der Waals surface area (Å²) >= 11 is 1.19.